The Balaban J connectivity index is 1.84. The molecule has 2 aromatic carbocycles. The number of hydrogen-bond donors (Lipinski definition) is 1. The van der Waals surface area contributed by atoms with Crippen LogP contribution in [-0.2, 0) is 6.54 Å². The highest BCUT2D eigenvalue weighted by Gasteiger charge is 2.21. The first-order valence-corrected chi connectivity index (χ1v) is 9.29. The van der Waals surface area contributed by atoms with Gasteiger partial charge in [0.1, 0.15) is 11.3 Å². The molecule has 0 aliphatic heterocycles. The third kappa shape index (κ3) is 5.15. The van der Waals surface area contributed by atoms with Gasteiger partial charge in [0.2, 0.25) is 5.88 Å². The Morgan fingerprint density at radius 3 is 2.48 bits per heavy atom. The standard InChI is InChI=1S/C21H19BrN2O3/c22-17-8-10-18(11-9-17)27-20-19(7-4-12-23-20)21(26)24(13-14-25)15-16-5-2-1-3-6-16/h1-12,25H,13-15H2. The average Bonchev–Trinajstić information content (AvgIpc) is 2.70. The number of ether oxygens (including phenoxy) is 1. The fraction of sp³-hybridized carbons (Fsp3) is 0.143. The molecule has 138 valence electrons. The average molecular weight is 427 g/mol. The molecule has 0 aliphatic rings. The van der Waals surface area contributed by atoms with Gasteiger partial charge >= 0.3 is 0 Å². The molecule has 0 saturated heterocycles. The molecule has 0 aliphatic carbocycles. The molecule has 3 rings (SSSR count). The lowest BCUT2D eigenvalue weighted by Gasteiger charge is -2.22. The van der Waals surface area contributed by atoms with Crippen LogP contribution in [0.3, 0.4) is 0 Å². The lowest BCUT2D eigenvalue weighted by atomic mass is 10.2. The van der Waals surface area contributed by atoms with Crippen molar-refractivity contribution in [3.05, 3.63) is 88.5 Å². The van der Waals surface area contributed by atoms with Crippen molar-refractivity contribution in [2.24, 2.45) is 0 Å². The summed E-state index contributed by atoms with van der Waals surface area (Å²) in [4.78, 5) is 18.9. The minimum absolute atomic E-state index is 0.123. The maximum Gasteiger partial charge on any atom is 0.259 e. The fourth-order valence-electron chi connectivity index (χ4n) is 2.60. The van der Waals surface area contributed by atoms with Gasteiger partial charge in [-0.3, -0.25) is 4.79 Å². The summed E-state index contributed by atoms with van der Waals surface area (Å²) >= 11 is 3.38. The van der Waals surface area contributed by atoms with Crippen molar-refractivity contribution >= 4 is 21.8 Å². The van der Waals surface area contributed by atoms with E-state index in [1.807, 2.05) is 42.5 Å². The number of carbonyl (C=O) groups excluding carboxylic acids is 1. The van der Waals surface area contributed by atoms with Crippen LogP contribution in [0.25, 0.3) is 0 Å². The fourth-order valence-corrected chi connectivity index (χ4v) is 2.86. The SMILES string of the molecule is O=C(c1cccnc1Oc1ccc(Br)cc1)N(CCO)Cc1ccccc1. The van der Waals surface area contributed by atoms with Gasteiger partial charge in [0.15, 0.2) is 0 Å². The smallest absolute Gasteiger partial charge is 0.259 e. The molecule has 5 nitrogen and oxygen atoms in total. The van der Waals surface area contributed by atoms with Crippen LogP contribution in [0.4, 0.5) is 0 Å². The van der Waals surface area contributed by atoms with Crippen LogP contribution < -0.4 is 4.74 Å². The summed E-state index contributed by atoms with van der Waals surface area (Å²) in [5.41, 5.74) is 1.34. The summed E-state index contributed by atoms with van der Waals surface area (Å²) < 4.78 is 6.76. The summed E-state index contributed by atoms with van der Waals surface area (Å²) in [6.07, 6.45) is 1.58. The van der Waals surface area contributed by atoms with E-state index in [2.05, 4.69) is 20.9 Å². The lowest BCUT2D eigenvalue weighted by molar-refractivity contribution is 0.0704. The first kappa shape index (κ1) is 19.1. The Bertz CT molecular complexity index is 885. The highest BCUT2D eigenvalue weighted by molar-refractivity contribution is 9.10. The van der Waals surface area contributed by atoms with E-state index in [4.69, 9.17) is 4.74 Å². The molecule has 6 heteroatoms. The van der Waals surface area contributed by atoms with E-state index in [1.54, 1.807) is 35.4 Å². The second-order valence-electron chi connectivity index (χ2n) is 5.85. The van der Waals surface area contributed by atoms with Crippen molar-refractivity contribution in [3.63, 3.8) is 0 Å². The Labute approximate surface area is 166 Å². The number of nitrogens with zero attached hydrogens (tertiary/aromatic N) is 2. The van der Waals surface area contributed by atoms with Crippen molar-refractivity contribution in [1.29, 1.82) is 0 Å². The van der Waals surface area contributed by atoms with Crippen LogP contribution in [-0.4, -0.2) is 34.0 Å². The second kappa shape index (κ2) is 9.30. The molecule has 1 aromatic heterocycles. The molecule has 0 atom stereocenters. The van der Waals surface area contributed by atoms with Gasteiger partial charge in [-0.05, 0) is 42.0 Å². The van der Waals surface area contributed by atoms with E-state index < -0.39 is 0 Å². The number of carbonyl (C=O) groups is 1. The molecule has 0 saturated carbocycles. The Morgan fingerprint density at radius 2 is 1.78 bits per heavy atom. The van der Waals surface area contributed by atoms with Crippen LogP contribution in [0.2, 0.25) is 0 Å². The maximum absolute atomic E-state index is 13.1. The summed E-state index contributed by atoms with van der Waals surface area (Å²) in [6.45, 7) is 0.495. The van der Waals surface area contributed by atoms with Crippen molar-refractivity contribution in [2.75, 3.05) is 13.2 Å². The zero-order chi connectivity index (χ0) is 19.1. The minimum atomic E-state index is -0.242. The van der Waals surface area contributed by atoms with E-state index in [0.29, 0.717) is 17.9 Å². The number of hydrogen-bond acceptors (Lipinski definition) is 4. The van der Waals surface area contributed by atoms with Gasteiger partial charge in [-0.1, -0.05) is 46.3 Å². The van der Waals surface area contributed by atoms with Gasteiger partial charge in [-0.15, -0.1) is 0 Å². The molecule has 27 heavy (non-hydrogen) atoms. The van der Waals surface area contributed by atoms with E-state index in [9.17, 15) is 9.90 Å². The third-order valence-corrected chi connectivity index (χ3v) is 4.43. The third-order valence-electron chi connectivity index (χ3n) is 3.90. The van der Waals surface area contributed by atoms with Crippen molar-refractivity contribution in [3.8, 4) is 11.6 Å². The lowest BCUT2D eigenvalue weighted by Crippen LogP contribution is -2.33. The summed E-state index contributed by atoms with van der Waals surface area (Å²) in [5, 5.41) is 9.40. The number of benzene rings is 2. The molecule has 1 amide bonds. The molecule has 1 N–H and O–H groups in total. The van der Waals surface area contributed by atoms with Gasteiger partial charge in [0, 0.05) is 23.8 Å². The van der Waals surface area contributed by atoms with Crippen LogP contribution in [0.15, 0.2) is 77.4 Å². The van der Waals surface area contributed by atoms with Crippen molar-refractivity contribution in [2.45, 2.75) is 6.54 Å². The van der Waals surface area contributed by atoms with E-state index in [0.717, 1.165) is 10.0 Å². The number of aromatic nitrogens is 1. The molecule has 3 aromatic rings. The van der Waals surface area contributed by atoms with Crippen LogP contribution >= 0.6 is 15.9 Å². The van der Waals surface area contributed by atoms with Gasteiger partial charge < -0.3 is 14.7 Å². The summed E-state index contributed by atoms with van der Waals surface area (Å²) in [6, 6.07) is 20.3. The largest absolute Gasteiger partial charge is 0.438 e. The van der Waals surface area contributed by atoms with Gasteiger partial charge in [-0.25, -0.2) is 4.98 Å². The summed E-state index contributed by atoms with van der Waals surface area (Å²) in [5.74, 6) is 0.580. The first-order valence-electron chi connectivity index (χ1n) is 8.50. The van der Waals surface area contributed by atoms with E-state index in [-0.39, 0.29) is 24.9 Å². The first-order chi connectivity index (χ1) is 13.2. The Kier molecular flexibility index (Phi) is 6.57. The van der Waals surface area contributed by atoms with Crippen molar-refractivity contribution in [1.82, 2.24) is 9.88 Å². The maximum atomic E-state index is 13.1. The predicted molar refractivity (Wildman–Crippen MR) is 107 cm³/mol. The van der Waals surface area contributed by atoms with Gasteiger partial charge in [-0.2, -0.15) is 0 Å². The molecular formula is C21H19BrN2O3. The van der Waals surface area contributed by atoms with Gasteiger partial charge in [0.05, 0.1) is 6.61 Å². The number of aliphatic hydroxyl groups excluding tert-OH is 1. The number of rotatable bonds is 7. The number of pyridine rings is 1. The quantitative estimate of drug-likeness (QED) is 0.612. The monoisotopic (exact) mass is 426 g/mol. The van der Waals surface area contributed by atoms with Crippen molar-refractivity contribution < 1.29 is 14.6 Å². The number of amides is 1. The second-order valence-corrected chi connectivity index (χ2v) is 6.76. The highest BCUT2D eigenvalue weighted by atomic mass is 79.9. The minimum Gasteiger partial charge on any atom is -0.438 e. The van der Waals surface area contributed by atoms with Crippen LogP contribution in [0, 0.1) is 0 Å². The van der Waals surface area contributed by atoms with Crippen LogP contribution in [0.5, 0.6) is 11.6 Å². The highest BCUT2D eigenvalue weighted by Crippen LogP contribution is 2.25. The van der Waals surface area contributed by atoms with Crippen LogP contribution in [0.1, 0.15) is 15.9 Å². The molecule has 1 heterocycles. The zero-order valence-corrected chi connectivity index (χ0v) is 16.2. The molecule has 0 bridgehead atoms. The molecule has 0 radical (unpaired) electrons. The zero-order valence-electron chi connectivity index (χ0n) is 14.6. The Morgan fingerprint density at radius 1 is 1.04 bits per heavy atom. The molecule has 0 unspecified atom stereocenters. The number of aliphatic hydroxyl groups is 1. The summed E-state index contributed by atoms with van der Waals surface area (Å²) in [7, 11) is 0. The molecular weight excluding hydrogens is 408 g/mol. The van der Waals surface area contributed by atoms with E-state index >= 15 is 0 Å². The molecule has 0 spiro atoms. The van der Waals surface area contributed by atoms with E-state index in [1.165, 1.54) is 0 Å². The molecule has 0 fully saturated rings. The Hall–Kier alpha value is -2.70. The topological polar surface area (TPSA) is 62.7 Å². The predicted octanol–water partition coefficient (Wildman–Crippen LogP) is 4.27. The normalized spacial score (nSPS) is 10.4. The number of halogens is 1. The van der Waals surface area contributed by atoms with Gasteiger partial charge in [0.25, 0.3) is 5.91 Å².